The summed E-state index contributed by atoms with van der Waals surface area (Å²) < 4.78 is 27.6. The lowest BCUT2D eigenvalue weighted by molar-refractivity contribution is 0.592. The van der Waals surface area contributed by atoms with Crippen molar-refractivity contribution in [3.05, 3.63) is 83.9 Å². The number of anilines is 2. The van der Waals surface area contributed by atoms with E-state index in [9.17, 15) is 8.42 Å². The van der Waals surface area contributed by atoms with E-state index in [-0.39, 0.29) is 4.90 Å². The van der Waals surface area contributed by atoms with Crippen LogP contribution in [-0.4, -0.2) is 35.3 Å². The zero-order valence-electron chi connectivity index (χ0n) is 16.5. The van der Waals surface area contributed by atoms with E-state index in [1.807, 2.05) is 67.5 Å². The monoisotopic (exact) mass is 405 g/mol. The highest BCUT2D eigenvalue weighted by atomic mass is 32.2. The minimum Gasteiger partial charge on any atom is -0.378 e. The lowest BCUT2D eigenvalue weighted by atomic mass is 10.2. The summed E-state index contributed by atoms with van der Waals surface area (Å²) in [5, 5.41) is 0. The van der Waals surface area contributed by atoms with E-state index in [4.69, 9.17) is 0 Å². The highest BCUT2D eigenvalue weighted by Gasteiger charge is 2.30. The third-order valence-corrected chi connectivity index (χ3v) is 6.87. The highest BCUT2D eigenvalue weighted by molar-refractivity contribution is 7.92. The number of fused-ring (bicyclic) bond motifs is 1. The number of benzene rings is 3. The van der Waals surface area contributed by atoms with Gasteiger partial charge in [0.1, 0.15) is 0 Å². The first kappa shape index (κ1) is 19.2. The largest absolute Gasteiger partial charge is 0.378 e. The minimum atomic E-state index is -3.57. The summed E-state index contributed by atoms with van der Waals surface area (Å²) in [6.45, 7) is 0.477. The van der Waals surface area contributed by atoms with Gasteiger partial charge in [0.15, 0.2) is 0 Å². The van der Waals surface area contributed by atoms with Crippen LogP contribution in [0.25, 0.3) is 0 Å². The van der Waals surface area contributed by atoms with Gasteiger partial charge in [0.25, 0.3) is 10.0 Å². The second-order valence-corrected chi connectivity index (χ2v) is 9.06. The summed E-state index contributed by atoms with van der Waals surface area (Å²) in [7, 11) is 0.427. The summed E-state index contributed by atoms with van der Waals surface area (Å²) in [6, 6.07) is 22.4. The third kappa shape index (κ3) is 3.89. The van der Waals surface area contributed by atoms with Crippen molar-refractivity contribution in [3.8, 4) is 0 Å². The normalized spacial score (nSPS) is 13.7. The van der Waals surface area contributed by atoms with Crippen LogP contribution in [-0.2, 0) is 16.4 Å². The molecule has 6 heteroatoms. The van der Waals surface area contributed by atoms with Crippen molar-refractivity contribution in [3.63, 3.8) is 0 Å². The summed E-state index contributed by atoms with van der Waals surface area (Å²) >= 11 is 0. The number of sulfonamides is 1. The van der Waals surface area contributed by atoms with E-state index < -0.39 is 10.0 Å². The van der Waals surface area contributed by atoms with Crippen LogP contribution in [0, 0.1) is 0 Å². The van der Waals surface area contributed by atoms with Gasteiger partial charge in [0.2, 0.25) is 0 Å². The van der Waals surface area contributed by atoms with E-state index in [1.54, 1.807) is 30.5 Å². The van der Waals surface area contributed by atoms with Crippen molar-refractivity contribution in [2.45, 2.75) is 11.3 Å². The maximum Gasteiger partial charge on any atom is 0.264 e. The molecule has 0 saturated carbocycles. The zero-order valence-corrected chi connectivity index (χ0v) is 17.3. The molecule has 0 aliphatic carbocycles. The Kier molecular flexibility index (Phi) is 5.11. The average molecular weight is 406 g/mol. The van der Waals surface area contributed by atoms with Gasteiger partial charge in [-0.15, -0.1) is 0 Å². The number of rotatable bonds is 5. The molecule has 5 nitrogen and oxygen atoms in total. The summed E-state index contributed by atoms with van der Waals surface area (Å²) in [5.74, 6) is 0. The van der Waals surface area contributed by atoms with Gasteiger partial charge in [-0.05, 0) is 60.0 Å². The SMILES string of the molecule is CN(C)c1ccc(C=Nc2ccc(S(=O)(=O)N3CCc4ccccc43)cc2)cc1. The number of aliphatic imine (C=N–C) groups is 1. The summed E-state index contributed by atoms with van der Waals surface area (Å²) in [6.07, 6.45) is 2.52. The maximum absolute atomic E-state index is 13.1. The Morgan fingerprint density at radius 3 is 2.31 bits per heavy atom. The van der Waals surface area contributed by atoms with Gasteiger partial charge >= 0.3 is 0 Å². The number of hydrogen-bond acceptors (Lipinski definition) is 4. The molecule has 1 heterocycles. The van der Waals surface area contributed by atoms with Crippen LogP contribution in [0.1, 0.15) is 11.1 Å². The Bertz CT molecular complexity index is 1140. The Hall–Kier alpha value is -3.12. The quantitative estimate of drug-likeness (QED) is 0.596. The van der Waals surface area contributed by atoms with E-state index >= 15 is 0 Å². The number of nitrogens with zero attached hydrogens (tertiary/aromatic N) is 3. The van der Waals surface area contributed by atoms with Gasteiger partial charge in [0.05, 0.1) is 16.3 Å². The smallest absolute Gasteiger partial charge is 0.264 e. The van der Waals surface area contributed by atoms with Crippen LogP contribution in [0.5, 0.6) is 0 Å². The van der Waals surface area contributed by atoms with Crippen LogP contribution in [0.15, 0.2) is 82.7 Å². The van der Waals surface area contributed by atoms with Gasteiger partial charge in [-0.25, -0.2) is 8.42 Å². The molecular formula is C23H23N3O2S. The first-order valence-electron chi connectivity index (χ1n) is 9.47. The molecule has 1 aliphatic heterocycles. The number of para-hydroxylation sites is 1. The lowest BCUT2D eigenvalue weighted by Gasteiger charge is -2.19. The average Bonchev–Trinajstić information content (AvgIpc) is 3.18. The first-order chi connectivity index (χ1) is 13.9. The molecule has 0 radical (unpaired) electrons. The van der Waals surface area contributed by atoms with Gasteiger partial charge in [-0.2, -0.15) is 0 Å². The molecular weight excluding hydrogens is 382 g/mol. The molecule has 0 fully saturated rings. The van der Waals surface area contributed by atoms with Crippen molar-refractivity contribution < 1.29 is 8.42 Å². The molecule has 0 spiro atoms. The van der Waals surface area contributed by atoms with Crippen LogP contribution in [0.2, 0.25) is 0 Å². The van der Waals surface area contributed by atoms with Crippen LogP contribution >= 0.6 is 0 Å². The van der Waals surface area contributed by atoms with Crippen molar-refractivity contribution in [2.75, 3.05) is 29.8 Å². The standard InChI is InChI=1S/C23H23N3O2S/c1-25(2)21-11-7-18(8-12-21)17-24-20-9-13-22(14-10-20)29(27,28)26-16-15-19-5-3-4-6-23(19)26/h3-14,17H,15-16H2,1-2H3. The predicted molar refractivity (Wildman–Crippen MR) is 119 cm³/mol. The Morgan fingerprint density at radius 2 is 1.62 bits per heavy atom. The van der Waals surface area contributed by atoms with Gasteiger partial charge < -0.3 is 4.90 Å². The van der Waals surface area contributed by atoms with Crippen LogP contribution in [0.3, 0.4) is 0 Å². The molecule has 29 heavy (non-hydrogen) atoms. The minimum absolute atomic E-state index is 0.281. The fraction of sp³-hybridized carbons (Fsp3) is 0.174. The van der Waals surface area contributed by atoms with Crippen LogP contribution in [0.4, 0.5) is 17.1 Å². The molecule has 0 unspecified atom stereocenters. The first-order valence-corrected chi connectivity index (χ1v) is 10.9. The molecule has 0 N–H and O–H groups in total. The van der Waals surface area contributed by atoms with E-state index in [0.29, 0.717) is 12.2 Å². The Balaban J connectivity index is 1.52. The topological polar surface area (TPSA) is 53.0 Å². The lowest BCUT2D eigenvalue weighted by Crippen LogP contribution is -2.29. The van der Waals surface area contributed by atoms with Crippen molar-refractivity contribution in [2.24, 2.45) is 4.99 Å². The molecule has 3 aromatic carbocycles. The molecule has 4 rings (SSSR count). The second-order valence-electron chi connectivity index (χ2n) is 7.19. The van der Waals surface area contributed by atoms with Crippen molar-refractivity contribution in [1.82, 2.24) is 0 Å². The van der Waals surface area contributed by atoms with Crippen molar-refractivity contribution >= 4 is 33.3 Å². The second kappa shape index (κ2) is 7.72. The predicted octanol–water partition coefficient (Wildman–Crippen LogP) is 4.25. The Morgan fingerprint density at radius 1 is 0.931 bits per heavy atom. The van der Waals surface area contributed by atoms with E-state index in [1.165, 1.54) is 4.31 Å². The molecule has 0 aromatic heterocycles. The highest BCUT2D eigenvalue weighted by Crippen LogP contribution is 2.33. The van der Waals surface area contributed by atoms with E-state index in [2.05, 4.69) is 4.99 Å². The summed E-state index contributed by atoms with van der Waals surface area (Å²) in [5.41, 5.74) is 4.66. The Labute approximate surface area is 172 Å². The van der Waals surface area contributed by atoms with E-state index in [0.717, 1.165) is 28.9 Å². The van der Waals surface area contributed by atoms with Gasteiger partial charge in [-0.1, -0.05) is 30.3 Å². The van der Waals surface area contributed by atoms with Crippen LogP contribution < -0.4 is 9.21 Å². The third-order valence-electron chi connectivity index (χ3n) is 5.04. The molecule has 3 aromatic rings. The molecule has 0 bridgehead atoms. The zero-order chi connectivity index (χ0) is 20.4. The number of hydrogen-bond donors (Lipinski definition) is 0. The summed E-state index contributed by atoms with van der Waals surface area (Å²) in [4.78, 5) is 6.78. The molecule has 0 atom stereocenters. The maximum atomic E-state index is 13.1. The molecule has 0 saturated heterocycles. The van der Waals surface area contributed by atoms with Gasteiger partial charge in [-0.3, -0.25) is 9.30 Å². The molecule has 0 amide bonds. The molecule has 1 aliphatic rings. The fourth-order valence-corrected chi connectivity index (χ4v) is 4.90. The van der Waals surface area contributed by atoms with Crippen molar-refractivity contribution in [1.29, 1.82) is 0 Å². The van der Waals surface area contributed by atoms with Gasteiger partial charge in [0, 0.05) is 32.5 Å². The fourth-order valence-electron chi connectivity index (χ4n) is 3.40. The molecule has 148 valence electrons.